The summed E-state index contributed by atoms with van der Waals surface area (Å²) < 4.78 is 6.00. The topological polar surface area (TPSA) is 50.4 Å². The van der Waals surface area contributed by atoms with Gasteiger partial charge in [0, 0.05) is 5.39 Å². The lowest BCUT2D eigenvalue weighted by atomic mass is 10.0. The molecule has 2 aromatic carbocycles. The second-order valence-corrected chi connectivity index (χ2v) is 5.82. The summed E-state index contributed by atoms with van der Waals surface area (Å²) in [4.78, 5) is 12.1. The number of phenolic OH excluding ortho intramolecular Hbond substituents is 1. The first-order valence-electron chi connectivity index (χ1n) is 6.08. The normalized spacial score (nSPS) is 10.9. The summed E-state index contributed by atoms with van der Waals surface area (Å²) in [6.07, 6.45) is 0. The van der Waals surface area contributed by atoms with Gasteiger partial charge in [-0.3, -0.25) is 0 Å². The number of hydrogen-bond donors (Lipinski definition) is 1. The molecule has 0 aliphatic carbocycles. The molecule has 0 radical (unpaired) electrons. The van der Waals surface area contributed by atoms with Gasteiger partial charge in [-0.2, -0.15) is 0 Å². The Labute approximate surface area is 129 Å². The fourth-order valence-corrected chi connectivity index (χ4v) is 2.50. The molecule has 0 saturated heterocycles. The summed E-state index contributed by atoms with van der Waals surface area (Å²) in [5, 5.41) is 10.5. The molecule has 20 heavy (non-hydrogen) atoms. The van der Waals surface area contributed by atoms with Crippen LogP contribution in [-0.4, -0.2) is 5.11 Å². The predicted octanol–water partition coefficient (Wildman–Crippen LogP) is 4.08. The SMILES string of the molecule is Cc1ccc(-c2cc3cc(O)c(I)cc3oc2=O)cc1. The third-order valence-electron chi connectivity index (χ3n) is 3.16. The van der Waals surface area contributed by atoms with Crippen molar-refractivity contribution < 1.29 is 9.52 Å². The maximum absolute atomic E-state index is 12.1. The summed E-state index contributed by atoms with van der Waals surface area (Å²) in [7, 11) is 0. The van der Waals surface area contributed by atoms with Gasteiger partial charge in [-0.05, 0) is 53.3 Å². The standard InChI is InChI=1S/C16H11IO3/c1-9-2-4-10(5-3-9)12-6-11-7-14(18)13(17)8-15(11)20-16(12)19/h2-8,18H,1H3. The van der Waals surface area contributed by atoms with E-state index in [1.807, 2.05) is 53.8 Å². The van der Waals surface area contributed by atoms with E-state index < -0.39 is 0 Å². The van der Waals surface area contributed by atoms with Crippen molar-refractivity contribution in [2.24, 2.45) is 0 Å². The van der Waals surface area contributed by atoms with E-state index in [4.69, 9.17) is 4.42 Å². The molecule has 0 atom stereocenters. The molecular formula is C16H11IO3. The van der Waals surface area contributed by atoms with E-state index >= 15 is 0 Å². The minimum Gasteiger partial charge on any atom is -0.507 e. The number of aryl methyl sites for hydroxylation is 1. The van der Waals surface area contributed by atoms with E-state index in [1.165, 1.54) is 0 Å². The molecule has 0 spiro atoms. The average Bonchev–Trinajstić information content (AvgIpc) is 2.41. The van der Waals surface area contributed by atoms with Gasteiger partial charge in [-0.1, -0.05) is 29.8 Å². The fourth-order valence-electron chi connectivity index (χ4n) is 2.06. The van der Waals surface area contributed by atoms with Gasteiger partial charge in [0.05, 0.1) is 9.13 Å². The molecule has 0 unspecified atom stereocenters. The van der Waals surface area contributed by atoms with Crippen molar-refractivity contribution in [2.45, 2.75) is 6.92 Å². The summed E-state index contributed by atoms with van der Waals surface area (Å²) in [5.74, 6) is 0.182. The Hall–Kier alpha value is -1.82. The molecule has 1 N–H and O–H groups in total. The Morgan fingerprint density at radius 3 is 2.50 bits per heavy atom. The fraction of sp³-hybridized carbons (Fsp3) is 0.0625. The summed E-state index contributed by atoms with van der Waals surface area (Å²) in [6, 6.07) is 12.7. The summed E-state index contributed by atoms with van der Waals surface area (Å²) in [5.41, 5.74) is 2.55. The van der Waals surface area contributed by atoms with Gasteiger partial charge < -0.3 is 9.52 Å². The quantitative estimate of drug-likeness (QED) is 0.513. The Bertz CT molecular complexity index is 848. The highest BCUT2D eigenvalue weighted by molar-refractivity contribution is 14.1. The number of phenols is 1. The van der Waals surface area contributed by atoms with Crippen molar-refractivity contribution in [3.8, 4) is 16.9 Å². The van der Waals surface area contributed by atoms with Crippen LogP contribution < -0.4 is 5.63 Å². The van der Waals surface area contributed by atoms with E-state index in [2.05, 4.69) is 0 Å². The number of benzene rings is 2. The van der Waals surface area contributed by atoms with E-state index in [0.29, 0.717) is 20.1 Å². The Morgan fingerprint density at radius 1 is 1.10 bits per heavy atom. The summed E-state index contributed by atoms with van der Waals surface area (Å²) in [6.45, 7) is 1.99. The molecule has 0 aliphatic heterocycles. The van der Waals surface area contributed by atoms with Gasteiger partial charge in [0.2, 0.25) is 0 Å². The molecule has 0 amide bonds. The lowest BCUT2D eigenvalue weighted by Crippen LogP contribution is -2.02. The molecule has 3 nitrogen and oxygen atoms in total. The lowest BCUT2D eigenvalue weighted by Gasteiger charge is -2.04. The van der Waals surface area contributed by atoms with Crippen LogP contribution in [0.15, 0.2) is 51.7 Å². The van der Waals surface area contributed by atoms with Crippen LogP contribution in [0, 0.1) is 10.5 Å². The van der Waals surface area contributed by atoms with E-state index in [9.17, 15) is 9.90 Å². The maximum atomic E-state index is 12.1. The van der Waals surface area contributed by atoms with Crippen LogP contribution in [0.5, 0.6) is 5.75 Å². The Morgan fingerprint density at radius 2 is 1.80 bits per heavy atom. The largest absolute Gasteiger partial charge is 0.507 e. The van der Waals surface area contributed by atoms with Crippen molar-refractivity contribution in [2.75, 3.05) is 0 Å². The van der Waals surface area contributed by atoms with Crippen molar-refractivity contribution in [3.05, 3.63) is 62.0 Å². The number of halogens is 1. The first-order chi connectivity index (χ1) is 9.54. The van der Waals surface area contributed by atoms with Gasteiger partial charge in [0.15, 0.2) is 0 Å². The highest BCUT2D eigenvalue weighted by Crippen LogP contribution is 2.28. The first kappa shape index (κ1) is 13.2. The molecule has 1 heterocycles. The second kappa shape index (κ2) is 4.94. The summed E-state index contributed by atoms with van der Waals surface area (Å²) >= 11 is 2.00. The Kier molecular flexibility index (Phi) is 3.25. The third kappa shape index (κ3) is 2.31. The zero-order valence-corrected chi connectivity index (χ0v) is 12.8. The minimum absolute atomic E-state index is 0.182. The number of fused-ring (bicyclic) bond motifs is 1. The minimum atomic E-state index is -0.372. The molecule has 4 heteroatoms. The molecule has 3 aromatic rings. The molecule has 0 bridgehead atoms. The van der Waals surface area contributed by atoms with Crippen molar-refractivity contribution >= 4 is 33.6 Å². The molecule has 1 aromatic heterocycles. The highest BCUT2D eigenvalue weighted by atomic mass is 127. The van der Waals surface area contributed by atoms with Crippen molar-refractivity contribution in [3.63, 3.8) is 0 Å². The maximum Gasteiger partial charge on any atom is 0.344 e. The monoisotopic (exact) mass is 378 g/mol. The number of aromatic hydroxyl groups is 1. The molecular weight excluding hydrogens is 367 g/mol. The number of rotatable bonds is 1. The second-order valence-electron chi connectivity index (χ2n) is 4.66. The van der Waals surface area contributed by atoms with Crippen LogP contribution in [0.25, 0.3) is 22.1 Å². The zero-order valence-electron chi connectivity index (χ0n) is 10.7. The highest BCUT2D eigenvalue weighted by Gasteiger charge is 2.10. The average molecular weight is 378 g/mol. The zero-order chi connectivity index (χ0) is 14.3. The van der Waals surface area contributed by atoms with Gasteiger partial charge >= 0.3 is 5.63 Å². The van der Waals surface area contributed by atoms with Gasteiger partial charge in [0.25, 0.3) is 0 Å². The van der Waals surface area contributed by atoms with E-state index in [-0.39, 0.29) is 11.4 Å². The molecule has 3 rings (SSSR count). The van der Waals surface area contributed by atoms with Crippen LogP contribution in [0.4, 0.5) is 0 Å². The van der Waals surface area contributed by atoms with Crippen LogP contribution in [-0.2, 0) is 0 Å². The molecule has 0 fully saturated rings. The van der Waals surface area contributed by atoms with Crippen LogP contribution in [0.1, 0.15) is 5.56 Å². The molecule has 100 valence electrons. The van der Waals surface area contributed by atoms with Gasteiger partial charge in [0.1, 0.15) is 11.3 Å². The van der Waals surface area contributed by atoms with Crippen molar-refractivity contribution in [1.82, 2.24) is 0 Å². The smallest absolute Gasteiger partial charge is 0.344 e. The predicted molar refractivity (Wildman–Crippen MR) is 87.0 cm³/mol. The van der Waals surface area contributed by atoms with Crippen LogP contribution >= 0.6 is 22.6 Å². The lowest BCUT2D eigenvalue weighted by molar-refractivity contribution is 0.471. The van der Waals surface area contributed by atoms with Crippen molar-refractivity contribution in [1.29, 1.82) is 0 Å². The Balaban J connectivity index is 2.26. The van der Waals surface area contributed by atoms with Gasteiger partial charge in [-0.25, -0.2) is 4.79 Å². The third-order valence-corrected chi connectivity index (χ3v) is 4.03. The van der Waals surface area contributed by atoms with Crippen LogP contribution in [0.2, 0.25) is 0 Å². The molecule has 0 aliphatic rings. The van der Waals surface area contributed by atoms with Crippen LogP contribution in [0.3, 0.4) is 0 Å². The molecule has 0 saturated carbocycles. The number of hydrogen-bond acceptors (Lipinski definition) is 3. The van der Waals surface area contributed by atoms with Gasteiger partial charge in [-0.15, -0.1) is 0 Å². The van der Waals surface area contributed by atoms with E-state index in [1.54, 1.807) is 18.2 Å². The first-order valence-corrected chi connectivity index (χ1v) is 7.16. The van der Waals surface area contributed by atoms with E-state index in [0.717, 1.165) is 11.1 Å².